The Hall–Kier alpha value is -2.95. The number of nitrogens with zero attached hydrogens (tertiary/aromatic N) is 4. The number of hydrogen-bond acceptors (Lipinski definition) is 7. The van der Waals surface area contributed by atoms with Crippen LogP contribution in [0.3, 0.4) is 0 Å². The van der Waals surface area contributed by atoms with Gasteiger partial charge >= 0.3 is 6.09 Å². The van der Waals surface area contributed by atoms with Crippen LogP contribution in [0.1, 0.15) is 34.6 Å². The fourth-order valence-corrected chi connectivity index (χ4v) is 6.93. The highest BCUT2D eigenvalue weighted by Gasteiger charge is 2.26. The monoisotopic (exact) mass is 527 g/mol. The van der Waals surface area contributed by atoms with Gasteiger partial charge in [-0.2, -0.15) is 5.10 Å². The Morgan fingerprint density at radius 3 is 2.59 bits per heavy atom. The van der Waals surface area contributed by atoms with Crippen LogP contribution in [-0.2, 0) is 13.9 Å². The topological polar surface area (TPSA) is 104 Å². The molecule has 0 atom stereocenters. The van der Waals surface area contributed by atoms with Crippen LogP contribution in [0.25, 0.3) is 16.8 Å². The molecule has 2 heterocycles. The van der Waals surface area contributed by atoms with E-state index in [1.54, 1.807) is 23.0 Å². The fourth-order valence-electron chi connectivity index (χ4n) is 4.21. The lowest BCUT2D eigenvalue weighted by atomic mass is 10.1. The van der Waals surface area contributed by atoms with Crippen LogP contribution < -0.4 is 10.6 Å². The van der Waals surface area contributed by atoms with E-state index in [1.807, 2.05) is 45.0 Å². The van der Waals surface area contributed by atoms with Gasteiger partial charge in [-0.1, -0.05) is 26.0 Å². The number of benzene rings is 1. The van der Waals surface area contributed by atoms with Crippen molar-refractivity contribution in [3.05, 3.63) is 42.7 Å². The van der Waals surface area contributed by atoms with Crippen molar-refractivity contribution in [2.24, 2.45) is 5.92 Å². The van der Waals surface area contributed by atoms with Crippen molar-refractivity contribution in [3.8, 4) is 11.1 Å². The van der Waals surface area contributed by atoms with E-state index in [4.69, 9.17) is 24.6 Å². The Morgan fingerprint density at radius 2 is 1.92 bits per heavy atom. The van der Waals surface area contributed by atoms with Gasteiger partial charge < -0.3 is 19.6 Å². The Labute approximate surface area is 221 Å². The zero-order valence-electron chi connectivity index (χ0n) is 23.2. The number of fused-ring (bicyclic) bond motifs is 1. The molecule has 0 saturated carbocycles. The zero-order valence-corrected chi connectivity index (χ0v) is 24.2. The maximum atomic E-state index is 13.1. The highest BCUT2D eigenvalue weighted by Crippen LogP contribution is 2.27. The van der Waals surface area contributed by atoms with E-state index >= 15 is 0 Å². The van der Waals surface area contributed by atoms with Crippen molar-refractivity contribution in [3.63, 3.8) is 0 Å². The van der Waals surface area contributed by atoms with Crippen molar-refractivity contribution in [2.45, 2.75) is 59.4 Å². The molecule has 0 aliphatic heterocycles. The summed E-state index contributed by atoms with van der Waals surface area (Å²) in [6.45, 7) is 16.0. The maximum Gasteiger partial charge on any atom is 0.416 e. The molecule has 0 unspecified atom stereocenters. The van der Waals surface area contributed by atoms with E-state index in [2.05, 4.69) is 32.0 Å². The summed E-state index contributed by atoms with van der Waals surface area (Å²) in [5.41, 5.74) is 8.32. The lowest BCUT2D eigenvalue weighted by Crippen LogP contribution is -2.39. The van der Waals surface area contributed by atoms with E-state index in [0.717, 1.165) is 17.2 Å². The number of hydrogen-bond donors (Lipinski definition) is 1. The molecule has 3 aromatic rings. The number of aromatic nitrogens is 3. The number of anilines is 2. The van der Waals surface area contributed by atoms with Crippen LogP contribution in [0.2, 0.25) is 19.1 Å². The summed E-state index contributed by atoms with van der Waals surface area (Å²) in [5, 5.41) is 4.41. The minimum absolute atomic E-state index is 0.284. The van der Waals surface area contributed by atoms with Crippen LogP contribution in [0, 0.1) is 5.92 Å². The molecule has 2 N–H and O–H groups in total. The lowest BCUT2D eigenvalue weighted by Gasteiger charge is -2.27. The van der Waals surface area contributed by atoms with Gasteiger partial charge in [0.1, 0.15) is 11.4 Å². The van der Waals surface area contributed by atoms with Gasteiger partial charge in [-0.15, -0.1) is 0 Å². The second-order valence-electron chi connectivity index (χ2n) is 11.2. The summed E-state index contributed by atoms with van der Waals surface area (Å²) in [5.74, 6) is 1.07. The molecule has 9 nitrogen and oxygen atoms in total. The van der Waals surface area contributed by atoms with Gasteiger partial charge in [0.15, 0.2) is 14.0 Å². The highest BCUT2D eigenvalue weighted by atomic mass is 28.4. The highest BCUT2D eigenvalue weighted by molar-refractivity contribution is 6.71. The lowest BCUT2D eigenvalue weighted by molar-refractivity contribution is 0.0549. The second kappa shape index (κ2) is 12.1. The third-order valence-corrected chi connectivity index (χ3v) is 8.31. The third-order valence-electron chi connectivity index (χ3n) is 5.52. The molecule has 1 amide bonds. The molecule has 0 fully saturated rings. The summed E-state index contributed by atoms with van der Waals surface area (Å²) in [6, 6.07) is 10.4. The quantitative estimate of drug-likeness (QED) is 0.196. The van der Waals surface area contributed by atoms with Crippen molar-refractivity contribution in [1.29, 1.82) is 0 Å². The minimum atomic E-state index is -1.69. The first-order chi connectivity index (χ1) is 17.3. The third kappa shape index (κ3) is 8.55. The van der Waals surface area contributed by atoms with Gasteiger partial charge in [-0.05, 0) is 69.6 Å². The minimum Gasteiger partial charge on any atom is -0.443 e. The first-order valence-corrected chi connectivity index (χ1v) is 15.9. The Balaban J connectivity index is 1.74. The Bertz CT molecular complexity index is 1190. The molecule has 37 heavy (non-hydrogen) atoms. The Morgan fingerprint density at radius 1 is 1.16 bits per heavy atom. The van der Waals surface area contributed by atoms with Crippen molar-refractivity contribution in [1.82, 2.24) is 14.6 Å². The Kier molecular flexibility index (Phi) is 9.33. The molecule has 0 radical (unpaired) electrons. The van der Waals surface area contributed by atoms with Gasteiger partial charge in [-0.25, -0.2) is 14.3 Å². The number of carbonyl (C=O) groups is 1. The average molecular weight is 528 g/mol. The largest absolute Gasteiger partial charge is 0.443 e. The van der Waals surface area contributed by atoms with Crippen molar-refractivity contribution in [2.75, 3.05) is 37.0 Å². The van der Waals surface area contributed by atoms with Crippen LogP contribution >= 0.6 is 0 Å². The van der Waals surface area contributed by atoms with E-state index < -0.39 is 20.0 Å². The zero-order chi connectivity index (χ0) is 27.2. The predicted octanol–water partition coefficient (Wildman–Crippen LogP) is 5.61. The molecule has 3 rings (SSSR count). The predicted molar refractivity (Wildman–Crippen MR) is 150 cm³/mol. The molecule has 0 aliphatic rings. The number of ether oxygens (including phenoxy) is 2. The van der Waals surface area contributed by atoms with Crippen LogP contribution in [0.5, 0.6) is 0 Å². The van der Waals surface area contributed by atoms with Crippen LogP contribution in [-0.4, -0.2) is 61.0 Å². The normalized spacial score (nSPS) is 12.3. The SMILES string of the molecule is CC(C)C[Si](C)(C)OCCOCCN(C(=O)OC(C)(C)C)c1ccn2ncc(-c3cccc(N)c3)c2n1. The van der Waals surface area contributed by atoms with Gasteiger partial charge in [0, 0.05) is 17.4 Å². The molecule has 202 valence electrons. The summed E-state index contributed by atoms with van der Waals surface area (Å²) in [6.07, 6.45) is 3.03. The molecular weight excluding hydrogens is 486 g/mol. The van der Waals surface area contributed by atoms with Crippen molar-refractivity contribution >= 4 is 31.6 Å². The summed E-state index contributed by atoms with van der Waals surface area (Å²) in [4.78, 5) is 19.4. The number of carbonyl (C=O) groups excluding carboxylic acids is 1. The molecule has 0 spiro atoms. The molecule has 1 aromatic carbocycles. The van der Waals surface area contributed by atoms with E-state index in [0.29, 0.717) is 42.9 Å². The first-order valence-electron chi connectivity index (χ1n) is 12.8. The smallest absolute Gasteiger partial charge is 0.416 e. The van der Waals surface area contributed by atoms with Gasteiger partial charge in [0.05, 0.1) is 32.6 Å². The molecule has 10 heteroatoms. The molecule has 0 saturated heterocycles. The number of rotatable bonds is 11. The van der Waals surface area contributed by atoms with Gasteiger partial charge in [0.2, 0.25) is 0 Å². The van der Waals surface area contributed by atoms with Gasteiger partial charge in [0.25, 0.3) is 0 Å². The maximum absolute atomic E-state index is 13.1. The van der Waals surface area contributed by atoms with Crippen molar-refractivity contribution < 1.29 is 18.7 Å². The fraction of sp³-hybridized carbons (Fsp3) is 0.519. The summed E-state index contributed by atoms with van der Waals surface area (Å²) >= 11 is 0. The van der Waals surface area contributed by atoms with Crippen LogP contribution in [0.4, 0.5) is 16.3 Å². The first kappa shape index (κ1) is 28.6. The molecular formula is C27H41N5O4Si. The second-order valence-corrected chi connectivity index (χ2v) is 15.4. The molecule has 0 bridgehead atoms. The molecule has 0 aliphatic carbocycles. The number of amides is 1. The standard InChI is InChI=1S/C27H41N5O4Si/c1-20(2)19-37(6,7)35-16-15-34-14-13-31(26(33)36-27(3,4)5)24-11-12-32-25(30-24)23(18-29-32)21-9-8-10-22(28)17-21/h8-12,17-18,20H,13-16,19,28H2,1-7H3. The van der Waals surface area contributed by atoms with E-state index in [1.165, 1.54) is 4.90 Å². The van der Waals surface area contributed by atoms with Crippen LogP contribution in [0.15, 0.2) is 42.7 Å². The van der Waals surface area contributed by atoms with Gasteiger partial charge in [-0.3, -0.25) is 4.90 Å². The van der Waals surface area contributed by atoms with E-state index in [9.17, 15) is 4.79 Å². The number of nitrogens with two attached hydrogens (primary N) is 1. The average Bonchev–Trinajstić information content (AvgIpc) is 3.19. The number of nitrogen functional groups attached to an aromatic ring is 1. The summed E-state index contributed by atoms with van der Waals surface area (Å²) in [7, 11) is -1.69. The van der Waals surface area contributed by atoms with E-state index in [-0.39, 0.29) is 6.54 Å². The summed E-state index contributed by atoms with van der Waals surface area (Å²) < 4.78 is 19.3. The molecule has 2 aromatic heterocycles.